The minimum atomic E-state index is -3.07. The molecule has 2 atom stereocenters. The molecule has 1 unspecified atom stereocenters. The Morgan fingerprint density at radius 2 is 2.00 bits per heavy atom. The van der Waals surface area contributed by atoms with Crippen LogP contribution < -0.4 is 10.1 Å². The Labute approximate surface area is 92.6 Å². The zero-order valence-corrected chi connectivity index (χ0v) is 10.5. The molecule has 0 fully saturated rings. The number of thiol groups is 1. The van der Waals surface area contributed by atoms with Crippen LogP contribution in [-0.4, -0.2) is 31.0 Å². The van der Waals surface area contributed by atoms with Crippen molar-refractivity contribution < 1.29 is 8.53 Å². The number of benzene rings is 1. The van der Waals surface area contributed by atoms with Gasteiger partial charge in [-0.15, -0.1) is 0 Å². The van der Waals surface area contributed by atoms with Crippen molar-refractivity contribution >= 4 is 36.1 Å². The van der Waals surface area contributed by atoms with Crippen molar-refractivity contribution in [3.05, 3.63) is 30.3 Å². The third kappa shape index (κ3) is 2.77. The summed E-state index contributed by atoms with van der Waals surface area (Å²) in [5.74, 6) is 0.240. The maximum atomic E-state index is 11.7. The molecule has 5 heteroatoms. The Morgan fingerprint density at radius 1 is 1.43 bits per heavy atom. The average molecular weight is 273 g/mol. The summed E-state index contributed by atoms with van der Waals surface area (Å²) in [4.78, 5) is 11.5. The molecule has 0 radical (unpaired) electrons. The van der Waals surface area contributed by atoms with Crippen molar-refractivity contribution in [2.45, 2.75) is 6.04 Å². The van der Waals surface area contributed by atoms with Gasteiger partial charge >= 0.3 is 92.5 Å². The van der Waals surface area contributed by atoms with Crippen molar-refractivity contribution in [1.82, 2.24) is 0 Å². The predicted molar refractivity (Wildman–Crippen MR) is 60.7 cm³/mol. The maximum absolute atomic E-state index is 11.7. The molecule has 0 spiro atoms. The summed E-state index contributed by atoms with van der Waals surface area (Å²) in [6.07, 6.45) is 0. The molecule has 0 aromatic heterocycles. The molecule has 0 amide bonds. The van der Waals surface area contributed by atoms with E-state index < -0.39 is 20.6 Å². The summed E-state index contributed by atoms with van der Waals surface area (Å²) in [6, 6.07) is 8.04. The van der Waals surface area contributed by atoms with Crippen LogP contribution in [0.15, 0.2) is 30.3 Å². The van der Waals surface area contributed by atoms with Gasteiger partial charge in [0.1, 0.15) is 0 Å². The van der Waals surface area contributed by atoms with E-state index in [1.165, 1.54) is 0 Å². The SMILES string of the molecule is N[C@@H](CS)C(=O)[AsH](=O)c1ccccc1. The van der Waals surface area contributed by atoms with Gasteiger partial charge in [0.2, 0.25) is 0 Å². The molecule has 0 bridgehead atoms. The monoisotopic (exact) mass is 273 g/mol. The first-order valence-corrected chi connectivity index (χ1v) is 7.75. The average Bonchev–Trinajstić information content (AvgIpc) is 2.27. The third-order valence-electron chi connectivity index (χ3n) is 1.79. The molecule has 0 aliphatic carbocycles. The van der Waals surface area contributed by atoms with Crippen LogP contribution in [-0.2, 0) is 8.53 Å². The number of hydrogen-bond acceptors (Lipinski definition) is 4. The van der Waals surface area contributed by atoms with Crippen LogP contribution in [0.5, 0.6) is 0 Å². The summed E-state index contributed by atoms with van der Waals surface area (Å²) in [7, 11) is 0. The minimum absolute atomic E-state index is 0.240. The molecule has 3 nitrogen and oxygen atoms in total. The zero-order chi connectivity index (χ0) is 10.6. The van der Waals surface area contributed by atoms with Crippen molar-refractivity contribution in [2.75, 3.05) is 5.75 Å². The van der Waals surface area contributed by atoms with E-state index in [-0.39, 0.29) is 10.3 Å². The Balaban J connectivity index is 2.82. The van der Waals surface area contributed by atoms with E-state index in [2.05, 4.69) is 12.6 Å². The van der Waals surface area contributed by atoms with Crippen molar-refractivity contribution in [3.8, 4) is 0 Å². The number of nitrogens with two attached hydrogens (primary N) is 1. The van der Waals surface area contributed by atoms with Crippen LogP contribution in [0.1, 0.15) is 0 Å². The quantitative estimate of drug-likeness (QED) is 0.569. The van der Waals surface area contributed by atoms with Gasteiger partial charge in [0.05, 0.1) is 0 Å². The van der Waals surface area contributed by atoms with E-state index >= 15 is 0 Å². The van der Waals surface area contributed by atoms with E-state index in [0.717, 1.165) is 0 Å². The van der Waals surface area contributed by atoms with Crippen LogP contribution in [0.3, 0.4) is 0 Å². The number of hydrogen-bond donors (Lipinski definition) is 2. The fourth-order valence-electron chi connectivity index (χ4n) is 0.983. The van der Waals surface area contributed by atoms with Gasteiger partial charge in [-0.2, -0.15) is 0 Å². The molecule has 0 saturated heterocycles. The van der Waals surface area contributed by atoms with Gasteiger partial charge < -0.3 is 0 Å². The predicted octanol–water partition coefficient (Wildman–Crippen LogP) is -0.587. The van der Waals surface area contributed by atoms with Gasteiger partial charge in [-0.1, -0.05) is 0 Å². The third-order valence-corrected chi connectivity index (χ3v) is 5.70. The Bertz CT molecular complexity index is 342. The number of carbonyl (C=O) groups excluding carboxylic acids is 1. The first kappa shape index (κ1) is 11.6. The number of carbonyl (C=O) groups is 1. The molecule has 0 aliphatic heterocycles. The topological polar surface area (TPSA) is 60.2 Å². The van der Waals surface area contributed by atoms with Crippen molar-refractivity contribution in [1.29, 1.82) is 0 Å². The summed E-state index contributed by atoms with van der Waals surface area (Å²) in [5.41, 5.74) is 5.47. The molecule has 1 aromatic carbocycles. The van der Waals surface area contributed by atoms with E-state index in [4.69, 9.17) is 5.73 Å². The molecule has 1 aromatic rings. The molecular formula is C9H12AsNO2S. The molecule has 0 saturated carbocycles. The van der Waals surface area contributed by atoms with Gasteiger partial charge in [-0.05, 0) is 0 Å². The Morgan fingerprint density at radius 3 is 2.50 bits per heavy atom. The fraction of sp³-hybridized carbons (Fsp3) is 0.222. The molecule has 0 heterocycles. The van der Waals surface area contributed by atoms with Crippen LogP contribution in [0.2, 0.25) is 0 Å². The van der Waals surface area contributed by atoms with Gasteiger partial charge in [0, 0.05) is 0 Å². The normalized spacial score (nSPS) is 14.7. The van der Waals surface area contributed by atoms with Gasteiger partial charge in [-0.3, -0.25) is 0 Å². The molecule has 0 aliphatic rings. The van der Waals surface area contributed by atoms with Crippen molar-refractivity contribution in [2.24, 2.45) is 5.73 Å². The molecule has 2 N–H and O–H groups in total. The summed E-state index contributed by atoms with van der Waals surface area (Å²) in [5, 5.41) is 0. The van der Waals surface area contributed by atoms with Gasteiger partial charge in [0.15, 0.2) is 0 Å². The van der Waals surface area contributed by atoms with Crippen LogP contribution in [0.4, 0.5) is 0 Å². The second-order valence-electron chi connectivity index (χ2n) is 2.85. The second-order valence-corrected chi connectivity index (χ2v) is 6.84. The zero-order valence-electron chi connectivity index (χ0n) is 7.51. The van der Waals surface area contributed by atoms with Gasteiger partial charge in [0.25, 0.3) is 0 Å². The summed E-state index contributed by atoms with van der Waals surface area (Å²) >= 11 is 0.830. The summed E-state index contributed by atoms with van der Waals surface area (Å²) in [6.45, 7) is 0. The fourth-order valence-corrected chi connectivity index (χ4v) is 4.07. The van der Waals surface area contributed by atoms with E-state index in [9.17, 15) is 8.53 Å². The van der Waals surface area contributed by atoms with E-state index in [1.807, 2.05) is 6.07 Å². The standard InChI is InChI=1S/C9H12AsNO2S/c11-8(6-14)9(12)10(13)7-4-2-1-3-5-7/h1-5,8,10,14H,6,11H2/t8-/m0/s1. The number of rotatable bonds is 4. The molecule has 76 valence electrons. The van der Waals surface area contributed by atoms with Gasteiger partial charge in [-0.25, -0.2) is 0 Å². The molecule has 14 heavy (non-hydrogen) atoms. The van der Waals surface area contributed by atoms with E-state index in [0.29, 0.717) is 4.35 Å². The molecule has 1 rings (SSSR count). The molecular weight excluding hydrogens is 261 g/mol. The van der Waals surface area contributed by atoms with Crippen molar-refractivity contribution in [3.63, 3.8) is 0 Å². The van der Waals surface area contributed by atoms with E-state index in [1.54, 1.807) is 24.3 Å². The summed E-state index contributed by atoms with van der Waals surface area (Å²) < 4.78 is 12.0. The van der Waals surface area contributed by atoms with Crippen LogP contribution >= 0.6 is 12.6 Å². The first-order chi connectivity index (χ1) is 6.66. The van der Waals surface area contributed by atoms with Crippen LogP contribution in [0, 0.1) is 0 Å². The second kappa shape index (κ2) is 5.44. The Kier molecular flexibility index (Phi) is 4.52. The van der Waals surface area contributed by atoms with Crippen LogP contribution in [0.25, 0.3) is 0 Å². The first-order valence-electron chi connectivity index (χ1n) is 4.17. The Hall–Kier alpha value is -0.442.